The number of aliphatic carboxylic acids is 1. The third kappa shape index (κ3) is 35.0. The van der Waals surface area contributed by atoms with E-state index in [4.69, 9.17) is 14.2 Å². The Balaban J connectivity index is 4.29. The van der Waals surface area contributed by atoms with E-state index in [1.807, 2.05) is 21.1 Å². The van der Waals surface area contributed by atoms with Crippen LogP contribution in [0.5, 0.6) is 0 Å². The summed E-state index contributed by atoms with van der Waals surface area (Å²) in [4.78, 5) is 36.9. The molecule has 0 aromatic rings. The van der Waals surface area contributed by atoms with Crippen LogP contribution in [0.3, 0.4) is 0 Å². The van der Waals surface area contributed by atoms with Crippen LogP contribution in [-0.4, -0.2) is 80.6 Å². The van der Waals surface area contributed by atoms with Gasteiger partial charge >= 0.3 is 17.9 Å². The van der Waals surface area contributed by atoms with E-state index in [-0.39, 0.29) is 36.2 Å². The van der Waals surface area contributed by atoms with E-state index in [1.54, 1.807) is 0 Å². The number of esters is 2. The molecule has 0 aliphatic carbocycles. The smallest absolute Gasteiger partial charge is 0.362 e. The molecule has 1 N–H and O–H groups in total. The van der Waals surface area contributed by atoms with Gasteiger partial charge in [-0.05, 0) is 51.4 Å². The van der Waals surface area contributed by atoms with Gasteiger partial charge in [-0.1, -0.05) is 152 Å². The van der Waals surface area contributed by atoms with Crippen molar-refractivity contribution in [3.8, 4) is 0 Å². The number of allylic oxidation sites excluding steroid dienone is 8. The number of unbranched alkanes of at least 4 members (excludes halogenated alkanes) is 16. The van der Waals surface area contributed by atoms with E-state index in [9.17, 15) is 19.5 Å². The predicted octanol–water partition coefficient (Wildman–Crippen LogP) is 11.6. The quantitative estimate of drug-likeness (QED) is 0.0289. The van der Waals surface area contributed by atoms with Gasteiger partial charge in [0.25, 0.3) is 0 Å². The molecule has 0 heterocycles. The zero-order chi connectivity index (χ0) is 40.0. The summed E-state index contributed by atoms with van der Waals surface area (Å²) in [6, 6.07) is -0.615. The minimum absolute atomic E-state index is 0.0560. The lowest BCUT2D eigenvalue weighted by atomic mass is 10.1. The summed E-state index contributed by atoms with van der Waals surface area (Å²) in [5.41, 5.74) is 0. The van der Waals surface area contributed by atoms with E-state index in [2.05, 4.69) is 62.5 Å². The Morgan fingerprint density at radius 3 is 1.54 bits per heavy atom. The average molecular weight is 761 g/mol. The van der Waals surface area contributed by atoms with Crippen molar-refractivity contribution < 1.29 is 38.2 Å². The van der Waals surface area contributed by atoms with Crippen molar-refractivity contribution in [3.63, 3.8) is 0 Å². The van der Waals surface area contributed by atoms with E-state index >= 15 is 0 Å². The third-order valence-electron chi connectivity index (χ3n) is 9.49. The van der Waals surface area contributed by atoms with Gasteiger partial charge in [-0.15, -0.1) is 0 Å². The van der Waals surface area contributed by atoms with Gasteiger partial charge in [-0.2, -0.15) is 0 Å². The first-order valence-corrected chi connectivity index (χ1v) is 21.7. The minimum atomic E-state index is -0.878. The first kappa shape index (κ1) is 51.3. The number of hydrogen-bond acceptors (Lipinski definition) is 6. The Morgan fingerprint density at radius 2 is 1.04 bits per heavy atom. The molecule has 2 atom stereocenters. The molecule has 0 saturated heterocycles. The van der Waals surface area contributed by atoms with Gasteiger partial charge in [0.05, 0.1) is 34.4 Å². The van der Waals surface area contributed by atoms with Gasteiger partial charge in [0.2, 0.25) is 0 Å². The molecule has 54 heavy (non-hydrogen) atoms. The number of likely N-dealkylation sites (N-methyl/N-ethyl adjacent to an activating group) is 1. The number of carbonyl (C=O) groups excluding carboxylic acids is 2. The normalized spacial score (nSPS) is 13.4. The number of nitrogens with zero attached hydrogens (tertiary/aromatic N) is 1. The van der Waals surface area contributed by atoms with Crippen LogP contribution in [0.2, 0.25) is 0 Å². The number of hydrogen-bond donors (Lipinski definition) is 1. The molecule has 0 rings (SSSR count). The monoisotopic (exact) mass is 761 g/mol. The van der Waals surface area contributed by atoms with Crippen LogP contribution in [0.15, 0.2) is 48.6 Å². The highest BCUT2D eigenvalue weighted by atomic mass is 16.6. The molecule has 8 nitrogen and oxygen atoms in total. The molecule has 0 amide bonds. The lowest BCUT2D eigenvalue weighted by Gasteiger charge is -2.31. The maximum atomic E-state index is 12.7. The molecule has 0 fully saturated rings. The second-order valence-electron chi connectivity index (χ2n) is 15.6. The zero-order valence-corrected chi connectivity index (χ0v) is 35.4. The molecule has 0 aromatic carbocycles. The summed E-state index contributed by atoms with van der Waals surface area (Å²) in [7, 11) is 5.52. The number of carboxylic acid groups (broad SMARTS) is 1. The molecule has 312 valence electrons. The van der Waals surface area contributed by atoms with Crippen LogP contribution in [0.25, 0.3) is 0 Å². The largest absolute Gasteiger partial charge is 0.477 e. The van der Waals surface area contributed by atoms with Crippen molar-refractivity contribution in [2.45, 2.75) is 187 Å². The molecule has 0 aliphatic rings. The number of carbonyl (C=O) groups is 3. The standard InChI is InChI=1S/C46H81NO7/c1-6-8-10-12-14-16-18-19-20-21-22-23-24-25-26-27-29-30-32-34-36-44(48)53-41-42(40-52-39-38-43(46(50)51)47(3,4)5)54-45(49)37-35-33-31-28-17-15-13-11-9-7-2/h8,10,14,16,19-20,22-23,42-43H,6-7,9,11-13,15,17-18,21,24-41H2,1-5H3/p+1/b10-8+,16-14+,20-19+,23-22+. The highest BCUT2D eigenvalue weighted by Crippen LogP contribution is 2.14. The van der Waals surface area contributed by atoms with E-state index in [0.29, 0.717) is 19.3 Å². The Hall–Kier alpha value is -2.71. The van der Waals surface area contributed by atoms with E-state index in [0.717, 1.165) is 70.6 Å². The maximum absolute atomic E-state index is 12.7. The number of ether oxygens (including phenoxy) is 3. The van der Waals surface area contributed by atoms with Crippen LogP contribution in [0.4, 0.5) is 0 Å². The molecule has 2 unspecified atom stereocenters. The van der Waals surface area contributed by atoms with Gasteiger partial charge in [0.15, 0.2) is 12.1 Å². The number of rotatable bonds is 38. The summed E-state index contributed by atoms with van der Waals surface area (Å²) < 4.78 is 17.2. The summed E-state index contributed by atoms with van der Waals surface area (Å²) in [6.07, 6.45) is 42.9. The Bertz CT molecular complexity index is 1030. The lowest BCUT2D eigenvalue weighted by Crippen LogP contribution is -2.50. The molecule has 0 saturated carbocycles. The second-order valence-corrected chi connectivity index (χ2v) is 15.6. The SMILES string of the molecule is CC/C=C/C/C=C/C/C=C/C/C=C/CCCCCCCCCC(=O)OCC(COCCC(C(=O)O)[N+](C)(C)C)OC(=O)CCCCCCCCCCCC. The summed E-state index contributed by atoms with van der Waals surface area (Å²) >= 11 is 0. The third-order valence-corrected chi connectivity index (χ3v) is 9.49. The van der Waals surface area contributed by atoms with Crippen LogP contribution >= 0.6 is 0 Å². The highest BCUT2D eigenvalue weighted by molar-refractivity contribution is 5.72. The zero-order valence-electron chi connectivity index (χ0n) is 35.4. The Morgan fingerprint density at radius 1 is 0.574 bits per heavy atom. The first-order chi connectivity index (χ1) is 26.1. The van der Waals surface area contributed by atoms with Gasteiger partial charge in [-0.3, -0.25) is 9.59 Å². The van der Waals surface area contributed by atoms with Gasteiger partial charge in [0, 0.05) is 19.3 Å². The van der Waals surface area contributed by atoms with Crippen molar-refractivity contribution in [3.05, 3.63) is 48.6 Å². The molecule has 0 bridgehead atoms. The van der Waals surface area contributed by atoms with Crippen LogP contribution in [0.1, 0.15) is 174 Å². The van der Waals surface area contributed by atoms with Gasteiger partial charge in [-0.25, -0.2) is 4.79 Å². The molecule has 0 aromatic heterocycles. The molecular weight excluding hydrogens is 679 g/mol. The number of quaternary nitrogens is 1. The fourth-order valence-electron chi connectivity index (χ4n) is 6.14. The van der Waals surface area contributed by atoms with Crippen molar-refractivity contribution in [1.82, 2.24) is 0 Å². The van der Waals surface area contributed by atoms with Crippen LogP contribution in [0, 0.1) is 0 Å². The molecule has 0 spiro atoms. The topological polar surface area (TPSA) is 99.1 Å². The highest BCUT2D eigenvalue weighted by Gasteiger charge is 2.31. The van der Waals surface area contributed by atoms with Crippen LogP contribution < -0.4 is 0 Å². The lowest BCUT2D eigenvalue weighted by molar-refractivity contribution is -0.887. The minimum Gasteiger partial charge on any atom is -0.477 e. The van der Waals surface area contributed by atoms with Crippen molar-refractivity contribution in [2.75, 3.05) is 41.0 Å². The fourth-order valence-corrected chi connectivity index (χ4v) is 6.14. The van der Waals surface area contributed by atoms with Gasteiger partial charge in [0.1, 0.15) is 6.61 Å². The van der Waals surface area contributed by atoms with Crippen LogP contribution in [-0.2, 0) is 28.6 Å². The molecular formula is C46H82NO7+. The van der Waals surface area contributed by atoms with Crippen molar-refractivity contribution in [1.29, 1.82) is 0 Å². The second kappa shape index (κ2) is 37.2. The van der Waals surface area contributed by atoms with Crippen molar-refractivity contribution in [2.24, 2.45) is 0 Å². The maximum Gasteiger partial charge on any atom is 0.362 e. The average Bonchev–Trinajstić information content (AvgIpc) is 3.12. The summed E-state index contributed by atoms with van der Waals surface area (Å²) in [5.74, 6) is -1.48. The van der Waals surface area contributed by atoms with E-state index in [1.165, 1.54) is 70.6 Å². The molecule has 8 heteroatoms. The molecule has 0 aliphatic heterocycles. The first-order valence-electron chi connectivity index (χ1n) is 21.7. The van der Waals surface area contributed by atoms with Gasteiger partial charge < -0.3 is 23.8 Å². The molecule has 0 radical (unpaired) electrons. The predicted molar refractivity (Wildman–Crippen MR) is 224 cm³/mol. The Kier molecular flexibility index (Phi) is 35.4. The number of carboxylic acids is 1. The summed E-state index contributed by atoms with van der Waals surface area (Å²) in [5, 5.41) is 9.60. The Labute approximate surface area is 331 Å². The fraction of sp³-hybridized carbons (Fsp3) is 0.761. The summed E-state index contributed by atoms with van der Waals surface area (Å²) in [6.45, 7) is 4.59. The van der Waals surface area contributed by atoms with Crippen molar-refractivity contribution >= 4 is 17.9 Å². The van der Waals surface area contributed by atoms with E-state index < -0.39 is 18.1 Å².